The molecule has 0 aliphatic heterocycles. The summed E-state index contributed by atoms with van der Waals surface area (Å²) in [5, 5.41) is -2.39. The van der Waals surface area contributed by atoms with Crippen LogP contribution in [0.25, 0.3) is 0 Å². The molecule has 35 heavy (non-hydrogen) atoms. The highest BCUT2D eigenvalue weighted by Crippen LogP contribution is 2.45. The predicted molar refractivity (Wildman–Crippen MR) is 121 cm³/mol. The molecule has 13 heteroatoms. The molecular formula is C22H10Cl3F6O3P. The van der Waals surface area contributed by atoms with Crippen molar-refractivity contribution < 1.29 is 40.5 Å². The van der Waals surface area contributed by atoms with Gasteiger partial charge in [0.25, 0.3) is 0 Å². The largest absolute Gasteiger partial charge is 0.417 e. The maximum atomic E-state index is 13.5. The third-order valence-electron chi connectivity index (χ3n) is 4.77. The van der Waals surface area contributed by atoms with Gasteiger partial charge in [-0.05, 0) is 18.2 Å². The third kappa shape index (κ3) is 5.43. The van der Waals surface area contributed by atoms with Crippen molar-refractivity contribution in [2.45, 2.75) is 12.4 Å². The van der Waals surface area contributed by atoms with E-state index in [1.54, 1.807) is 6.07 Å². The molecule has 0 fully saturated rings. The molecule has 0 saturated carbocycles. The average Bonchev–Trinajstić information content (AvgIpc) is 2.77. The second kappa shape index (κ2) is 9.97. The third-order valence-corrected chi connectivity index (χ3v) is 7.70. The van der Waals surface area contributed by atoms with Crippen LogP contribution in [-0.4, -0.2) is 11.3 Å². The minimum atomic E-state index is -5.38. The van der Waals surface area contributed by atoms with E-state index in [0.29, 0.717) is 6.07 Å². The van der Waals surface area contributed by atoms with Gasteiger partial charge in [-0.15, -0.1) is 0 Å². The number of hydrogen-bond acceptors (Lipinski definition) is 3. The highest BCUT2D eigenvalue weighted by molar-refractivity contribution is 7.72. The first-order valence-corrected chi connectivity index (χ1v) is 11.8. The van der Waals surface area contributed by atoms with Crippen molar-refractivity contribution in [1.29, 1.82) is 0 Å². The Labute approximate surface area is 209 Å². The zero-order valence-corrected chi connectivity index (χ0v) is 20.1. The van der Waals surface area contributed by atoms with Gasteiger partial charge >= 0.3 is 12.4 Å². The summed E-state index contributed by atoms with van der Waals surface area (Å²) in [4.78, 5) is 25.8. The summed E-state index contributed by atoms with van der Waals surface area (Å²) in [6.07, 6.45) is -10.8. The topological polar surface area (TPSA) is 51.2 Å². The Morgan fingerprint density at radius 2 is 1.23 bits per heavy atom. The Hall–Kier alpha value is -2.32. The summed E-state index contributed by atoms with van der Waals surface area (Å²) in [5.41, 5.74) is -8.09. The molecule has 3 aromatic rings. The van der Waals surface area contributed by atoms with Gasteiger partial charge in [0, 0.05) is 11.1 Å². The molecule has 0 saturated heterocycles. The quantitative estimate of drug-likeness (QED) is 0.177. The molecule has 0 bridgehead atoms. The van der Waals surface area contributed by atoms with E-state index >= 15 is 0 Å². The van der Waals surface area contributed by atoms with Crippen LogP contribution in [-0.2, 0) is 16.9 Å². The van der Waals surface area contributed by atoms with Crippen LogP contribution >= 0.6 is 42.6 Å². The Morgan fingerprint density at radius 3 is 1.71 bits per heavy atom. The van der Waals surface area contributed by atoms with Gasteiger partial charge in [-0.3, -0.25) is 9.59 Å². The number of carbonyl (C=O) groups is 2. The fourth-order valence-corrected chi connectivity index (χ4v) is 6.02. The lowest BCUT2D eigenvalue weighted by atomic mass is 10.0. The van der Waals surface area contributed by atoms with Gasteiger partial charge in [0.15, 0.2) is 13.6 Å². The number of ketones is 1. The number of rotatable bonds is 5. The van der Waals surface area contributed by atoms with Crippen molar-refractivity contribution in [3.63, 3.8) is 0 Å². The summed E-state index contributed by atoms with van der Waals surface area (Å²) >= 11 is 18.2. The van der Waals surface area contributed by atoms with Gasteiger partial charge in [0.2, 0.25) is 5.52 Å². The SMILES string of the molecule is O=C(c1ccccc1)c1c(Cl)cc(Cl)c([PH](=O)C(=O)c2c(C(F)(F)F)cccc2C(F)(F)F)c1Cl. The van der Waals surface area contributed by atoms with Crippen LogP contribution < -0.4 is 5.30 Å². The van der Waals surface area contributed by atoms with Crippen molar-refractivity contribution in [2.75, 3.05) is 0 Å². The molecule has 3 aromatic carbocycles. The Balaban J connectivity index is 2.24. The maximum Gasteiger partial charge on any atom is 0.417 e. The number of carbonyl (C=O) groups excluding carboxylic acids is 2. The molecule has 0 heterocycles. The molecule has 0 aliphatic carbocycles. The van der Waals surface area contributed by atoms with Crippen molar-refractivity contribution in [3.05, 3.63) is 97.5 Å². The monoisotopic (exact) mass is 572 g/mol. The molecule has 0 aromatic heterocycles. The smallest absolute Gasteiger partial charge is 0.313 e. The van der Waals surface area contributed by atoms with Gasteiger partial charge < -0.3 is 4.57 Å². The maximum absolute atomic E-state index is 13.5. The normalized spacial score (nSPS) is 12.9. The fourth-order valence-electron chi connectivity index (χ4n) is 3.24. The van der Waals surface area contributed by atoms with E-state index in [2.05, 4.69) is 0 Å². The van der Waals surface area contributed by atoms with Crippen molar-refractivity contribution in [2.24, 2.45) is 0 Å². The first kappa shape index (κ1) is 27.3. The second-order valence-electron chi connectivity index (χ2n) is 6.98. The van der Waals surface area contributed by atoms with Crippen molar-refractivity contribution >= 4 is 59.2 Å². The molecular weight excluding hydrogens is 564 g/mol. The molecule has 0 spiro atoms. The van der Waals surface area contributed by atoms with Crippen LogP contribution in [0.5, 0.6) is 0 Å². The van der Waals surface area contributed by atoms with Crippen molar-refractivity contribution in [3.8, 4) is 0 Å². The molecule has 0 N–H and O–H groups in total. The van der Waals surface area contributed by atoms with Crippen LogP contribution in [0.2, 0.25) is 15.1 Å². The van der Waals surface area contributed by atoms with Crippen LogP contribution in [0.3, 0.4) is 0 Å². The fraction of sp³-hybridized carbons (Fsp3) is 0.0909. The van der Waals surface area contributed by atoms with Gasteiger partial charge in [-0.25, -0.2) is 0 Å². The van der Waals surface area contributed by atoms with Crippen molar-refractivity contribution in [1.82, 2.24) is 0 Å². The zero-order chi connectivity index (χ0) is 26.3. The van der Waals surface area contributed by atoms with E-state index < -0.39 is 69.1 Å². The summed E-state index contributed by atoms with van der Waals surface area (Å²) in [6, 6.07) is 9.24. The minimum absolute atomic E-state index is 0.0670. The molecule has 0 radical (unpaired) electrons. The highest BCUT2D eigenvalue weighted by atomic mass is 35.5. The summed E-state index contributed by atoms with van der Waals surface area (Å²) in [7, 11) is -4.24. The lowest BCUT2D eigenvalue weighted by Gasteiger charge is -2.18. The molecule has 1 atom stereocenters. The molecule has 3 rings (SSSR count). The number of halogens is 9. The van der Waals surface area contributed by atoms with E-state index in [1.807, 2.05) is 0 Å². The standard InChI is InChI=1S/C22H10Cl3F6O3P/c23-13-9-14(24)19(17(25)16(13)18(32)10-5-2-1-3-6-10)35(34)20(33)15-11(21(26,27)28)7-4-8-12(15)22(29,30)31/h1-9,35H. The second-order valence-corrected chi connectivity index (χ2v) is 9.79. The summed E-state index contributed by atoms with van der Waals surface area (Å²) < 4.78 is 94.1. The molecule has 0 amide bonds. The first-order valence-electron chi connectivity index (χ1n) is 9.30. The van der Waals surface area contributed by atoms with Crippen LogP contribution in [0, 0.1) is 0 Å². The van der Waals surface area contributed by atoms with E-state index in [9.17, 15) is 40.5 Å². The van der Waals surface area contributed by atoms with E-state index in [0.717, 1.165) is 6.07 Å². The molecule has 1 unspecified atom stereocenters. The van der Waals surface area contributed by atoms with Crippen LogP contribution in [0.15, 0.2) is 54.6 Å². The van der Waals surface area contributed by atoms with Gasteiger partial charge in [-0.1, -0.05) is 71.2 Å². The van der Waals surface area contributed by atoms with Crippen LogP contribution in [0.1, 0.15) is 37.4 Å². The Kier molecular flexibility index (Phi) is 7.77. The van der Waals surface area contributed by atoms with E-state index in [-0.39, 0.29) is 22.7 Å². The number of alkyl halides is 6. The zero-order valence-electron chi connectivity index (χ0n) is 16.8. The lowest BCUT2D eigenvalue weighted by Crippen LogP contribution is -2.21. The number of hydrogen-bond donors (Lipinski definition) is 0. The van der Waals surface area contributed by atoms with E-state index in [1.165, 1.54) is 24.3 Å². The minimum Gasteiger partial charge on any atom is -0.313 e. The average molecular weight is 574 g/mol. The summed E-state index contributed by atoms with van der Waals surface area (Å²) in [5.74, 6) is -0.799. The van der Waals surface area contributed by atoms with Gasteiger partial charge in [0.05, 0.1) is 37.1 Å². The molecule has 184 valence electrons. The first-order chi connectivity index (χ1) is 16.2. The summed E-state index contributed by atoms with van der Waals surface area (Å²) in [6.45, 7) is 0. The number of benzene rings is 3. The van der Waals surface area contributed by atoms with Gasteiger partial charge in [-0.2, -0.15) is 26.3 Å². The van der Waals surface area contributed by atoms with Crippen LogP contribution in [0.4, 0.5) is 26.3 Å². The molecule has 3 nitrogen and oxygen atoms in total. The van der Waals surface area contributed by atoms with Gasteiger partial charge in [0.1, 0.15) is 0 Å². The predicted octanol–water partition coefficient (Wildman–Crippen LogP) is 7.94. The Morgan fingerprint density at radius 1 is 0.714 bits per heavy atom. The molecule has 0 aliphatic rings. The highest BCUT2D eigenvalue weighted by Gasteiger charge is 2.44. The lowest BCUT2D eigenvalue weighted by molar-refractivity contribution is -0.143. The Bertz CT molecular complexity index is 1320. The van der Waals surface area contributed by atoms with E-state index in [4.69, 9.17) is 34.8 Å².